The van der Waals surface area contributed by atoms with Crippen molar-refractivity contribution in [1.29, 1.82) is 0 Å². The van der Waals surface area contributed by atoms with Crippen molar-refractivity contribution in [2.45, 2.75) is 17.4 Å². The lowest BCUT2D eigenvalue weighted by Gasteiger charge is -2.24. The Morgan fingerprint density at radius 2 is 2.06 bits per heavy atom. The molecular formula is C11H15FN2OS. The van der Waals surface area contributed by atoms with Gasteiger partial charge in [0, 0.05) is 10.6 Å². The number of amides is 1. The molecule has 1 amide bonds. The minimum absolute atomic E-state index is 0.268. The third kappa shape index (κ3) is 3.21. The van der Waals surface area contributed by atoms with Gasteiger partial charge in [0.25, 0.3) is 0 Å². The Morgan fingerprint density at radius 3 is 2.50 bits per heavy atom. The van der Waals surface area contributed by atoms with Gasteiger partial charge >= 0.3 is 0 Å². The molecule has 0 spiro atoms. The zero-order chi connectivity index (χ0) is 12.2. The molecule has 0 aliphatic carbocycles. The molecule has 16 heavy (non-hydrogen) atoms. The third-order valence-corrected chi connectivity index (χ3v) is 3.76. The van der Waals surface area contributed by atoms with Gasteiger partial charge in [-0.1, -0.05) is 0 Å². The second-order valence-corrected chi connectivity index (χ2v) is 4.74. The molecule has 0 heterocycles. The van der Waals surface area contributed by atoms with Crippen LogP contribution in [0.5, 0.6) is 0 Å². The van der Waals surface area contributed by atoms with Crippen molar-refractivity contribution in [3.05, 3.63) is 30.1 Å². The van der Waals surface area contributed by atoms with Crippen molar-refractivity contribution in [2.75, 3.05) is 12.8 Å². The van der Waals surface area contributed by atoms with Crippen LogP contribution in [0.1, 0.15) is 6.92 Å². The summed E-state index contributed by atoms with van der Waals surface area (Å²) in [7, 11) is 1.69. The lowest BCUT2D eigenvalue weighted by atomic mass is 10.1. The van der Waals surface area contributed by atoms with Gasteiger partial charge in [0.1, 0.15) is 11.4 Å². The van der Waals surface area contributed by atoms with Crippen LogP contribution in [0.2, 0.25) is 0 Å². The molecule has 0 aliphatic rings. The average molecular weight is 242 g/mol. The van der Waals surface area contributed by atoms with Crippen LogP contribution < -0.4 is 11.1 Å². The normalized spacial score (nSPS) is 14.4. The van der Waals surface area contributed by atoms with E-state index < -0.39 is 11.4 Å². The van der Waals surface area contributed by atoms with Crippen molar-refractivity contribution in [3.8, 4) is 0 Å². The molecule has 1 atom stereocenters. The third-order valence-electron chi connectivity index (χ3n) is 2.44. The number of thioether (sulfide) groups is 1. The van der Waals surface area contributed by atoms with Gasteiger partial charge < -0.3 is 11.1 Å². The summed E-state index contributed by atoms with van der Waals surface area (Å²) in [6.45, 7) is 1.74. The Hall–Kier alpha value is -1.07. The quantitative estimate of drug-likeness (QED) is 0.767. The SMILES string of the molecule is CNC(C)(CSc1ccc(F)cc1)C(N)=O. The molecule has 0 aromatic heterocycles. The van der Waals surface area contributed by atoms with Gasteiger partial charge in [-0.15, -0.1) is 11.8 Å². The summed E-state index contributed by atoms with van der Waals surface area (Å²) < 4.78 is 12.7. The number of likely N-dealkylation sites (N-methyl/N-ethyl adjacent to an activating group) is 1. The smallest absolute Gasteiger partial charge is 0.238 e. The minimum Gasteiger partial charge on any atom is -0.368 e. The highest BCUT2D eigenvalue weighted by molar-refractivity contribution is 7.99. The van der Waals surface area contributed by atoms with Gasteiger partial charge in [0.05, 0.1) is 0 Å². The number of halogens is 1. The summed E-state index contributed by atoms with van der Waals surface area (Å²) in [4.78, 5) is 12.1. The molecule has 0 radical (unpaired) electrons. The fourth-order valence-electron chi connectivity index (χ4n) is 1.02. The number of hydrogen-bond donors (Lipinski definition) is 2. The zero-order valence-corrected chi connectivity index (χ0v) is 10.1. The van der Waals surface area contributed by atoms with E-state index in [2.05, 4.69) is 5.32 Å². The highest BCUT2D eigenvalue weighted by atomic mass is 32.2. The van der Waals surface area contributed by atoms with E-state index in [0.29, 0.717) is 5.75 Å². The summed E-state index contributed by atoms with van der Waals surface area (Å²) in [6.07, 6.45) is 0. The molecule has 1 aromatic carbocycles. The van der Waals surface area contributed by atoms with Gasteiger partial charge in [0.15, 0.2) is 0 Å². The average Bonchev–Trinajstić information content (AvgIpc) is 2.27. The topological polar surface area (TPSA) is 55.1 Å². The molecule has 0 bridgehead atoms. The van der Waals surface area contributed by atoms with Gasteiger partial charge in [-0.25, -0.2) is 4.39 Å². The molecule has 0 saturated heterocycles. The fourth-order valence-corrected chi connectivity index (χ4v) is 2.10. The Bertz CT molecular complexity index is 369. The molecule has 1 rings (SSSR count). The van der Waals surface area contributed by atoms with Crippen molar-refractivity contribution in [3.63, 3.8) is 0 Å². The number of carbonyl (C=O) groups excluding carboxylic acids is 1. The Labute approximate surface area is 98.6 Å². The first-order chi connectivity index (χ1) is 7.48. The summed E-state index contributed by atoms with van der Waals surface area (Å²) in [5.74, 6) is -0.162. The van der Waals surface area contributed by atoms with E-state index in [1.54, 1.807) is 26.1 Å². The molecule has 5 heteroatoms. The number of carbonyl (C=O) groups is 1. The minimum atomic E-state index is -0.751. The van der Waals surface area contributed by atoms with E-state index in [0.717, 1.165) is 4.90 Å². The van der Waals surface area contributed by atoms with Crippen molar-refractivity contribution < 1.29 is 9.18 Å². The van der Waals surface area contributed by atoms with Crippen LogP contribution in [0, 0.1) is 5.82 Å². The zero-order valence-electron chi connectivity index (χ0n) is 9.29. The van der Waals surface area contributed by atoms with E-state index in [1.807, 2.05) is 0 Å². The lowest BCUT2D eigenvalue weighted by molar-refractivity contribution is -0.122. The van der Waals surface area contributed by atoms with Crippen LogP contribution in [-0.2, 0) is 4.79 Å². The van der Waals surface area contributed by atoms with Crippen LogP contribution in [0.4, 0.5) is 4.39 Å². The van der Waals surface area contributed by atoms with E-state index in [9.17, 15) is 9.18 Å². The first-order valence-electron chi connectivity index (χ1n) is 4.85. The molecule has 1 unspecified atom stereocenters. The predicted molar refractivity (Wildman–Crippen MR) is 63.8 cm³/mol. The summed E-state index contributed by atoms with van der Waals surface area (Å²) in [5, 5.41) is 2.89. The van der Waals surface area contributed by atoms with Crippen LogP contribution in [0.15, 0.2) is 29.2 Å². The van der Waals surface area contributed by atoms with Gasteiger partial charge in [0.2, 0.25) is 5.91 Å². The van der Waals surface area contributed by atoms with E-state index in [4.69, 9.17) is 5.73 Å². The first-order valence-corrected chi connectivity index (χ1v) is 5.84. The molecule has 0 fully saturated rings. The second kappa shape index (κ2) is 5.32. The van der Waals surface area contributed by atoms with Gasteiger partial charge in [-0.3, -0.25) is 4.79 Å². The van der Waals surface area contributed by atoms with Crippen LogP contribution in [-0.4, -0.2) is 24.2 Å². The highest BCUT2D eigenvalue weighted by Gasteiger charge is 2.28. The monoisotopic (exact) mass is 242 g/mol. The molecule has 0 saturated carbocycles. The molecule has 0 aliphatic heterocycles. The Morgan fingerprint density at radius 1 is 1.50 bits per heavy atom. The fraction of sp³-hybridized carbons (Fsp3) is 0.364. The van der Waals surface area contributed by atoms with Crippen molar-refractivity contribution in [1.82, 2.24) is 5.32 Å². The molecule has 1 aromatic rings. The maximum Gasteiger partial charge on any atom is 0.238 e. The molecule has 3 N–H and O–H groups in total. The maximum absolute atomic E-state index is 12.7. The number of nitrogens with two attached hydrogens (primary N) is 1. The van der Waals surface area contributed by atoms with Gasteiger partial charge in [-0.05, 0) is 38.2 Å². The lowest BCUT2D eigenvalue weighted by Crippen LogP contribution is -2.53. The molecule has 88 valence electrons. The summed E-state index contributed by atoms with van der Waals surface area (Å²) >= 11 is 1.46. The predicted octanol–water partition coefficient (Wildman–Crippen LogP) is 1.38. The highest BCUT2D eigenvalue weighted by Crippen LogP contribution is 2.22. The van der Waals surface area contributed by atoms with Crippen molar-refractivity contribution in [2.24, 2.45) is 5.73 Å². The van der Waals surface area contributed by atoms with E-state index in [-0.39, 0.29) is 5.82 Å². The first kappa shape index (κ1) is 13.0. The molecular weight excluding hydrogens is 227 g/mol. The molecule has 3 nitrogen and oxygen atoms in total. The van der Waals surface area contributed by atoms with Crippen LogP contribution in [0.25, 0.3) is 0 Å². The Kier molecular flexibility index (Phi) is 4.32. The van der Waals surface area contributed by atoms with Crippen LogP contribution >= 0.6 is 11.8 Å². The van der Waals surface area contributed by atoms with E-state index >= 15 is 0 Å². The van der Waals surface area contributed by atoms with Gasteiger partial charge in [-0.2, -0.15) is 0 Å². The van der Waals surface area contributed by atoms with Crippen molar-refractivity contribution >= 4 is 17.7 Å². The van der Waals surface area contributed by atoms with E-state index in [1.165, 1.54) is 23.9 Å². The number of benzene rings is 1. The van der Waals surface area contributed by atoms with Crippen LogP contribution in [0.3, 0.4) is 0 Å². The number of hydrogen-bond acceptors (Lipinski definition) is 3. The summed E-state index contributed by atoms with van der Waals surface area (Å²) in [5.41, 5.74) is 4.54. The number of nitrogens with one attached hydrogen (secondary N) is 1. The largest absolute Gasteiger partial charge is 0.368 e. The second-order valence-electron chi connectivity index (χ2n) is 3.69. The Balaban J connectivity index is 2.63. The maximum atomic E-state index is 12.7. The number of rotatable bonds is 5. The number of primary amides is 1. The standard InChI is InChI=1S/C11H15FN2OS/c1-11(14-2,10(13)15)7-16-9-5-3-8(12)4-6-9/h3-6,14H,7H2,1-2H3,(H2,13,15). The summed E-state index contributed by atoms with van der Waals surface area (Å²) in [6, 6.07) is 6.14.